The van der Waals surface area contributed by atoms with Crippen LogP contribution >= 0.6 is 11.8 Å². The zero-order valence-corrected chi connectivity index (χ0v) is 14.6. The highest BCUT2D eigenvalue weighted by Gasteiger charge is 2.21. The molecule has 0 saturated heterocycles. The number of amides is 1. The molecule has 1 atom stereocenters. The number of aromatic nitrogens is 2. The second-order valence-electron chi connectivity index (χ2n) is 5.42. The number of thioether (sulfide) groups is 1. The second-order valence-corrected chi connectivity index (χ2v) is 6.37. The molecule has 8 heteroatoms. The van der Waals surface area contributed by atoms with Crippen LogP contribution in [-0.4, -0.2) is 40.5 Å². The maximum atomic E-state index is 12.0. The number of hydrogen-bond acceptors (Lipinski definition) is 6. The molecule has 0 radical (unpaired) electrons. The van der Waals surface area contributed by atoms with Gasteiger partial charge in [0.05, 0.1) is 12.3 Å². The number of aryl methyl sites for hydroxylation is 1. The quantitative estimate of drug-likeness (QED) is 0.617. The van der Waals surface area contributed by atoms with Gasteiger partial charge in [0.15, 0.2) is 16.7 Å². The van der Waals surface area contributed by atoms with E-state index in [0.717, 1.165) is 0 Å². The highest BCUT2D eigenvalue weighted by molar-refractivity contribution is 7.99. The number of carbonyl (C=O) groups is 1. The minimum Gasteiger partial charge on any atom is -0.486 e. The van der Waals surface area contributed by atoms with E-state index in [1.54, 1.807) is 6.20 Å². The van der Waals surface area contributed by atoms with Crippen LogP contribution in [0.4, 0.5) is 0 Å². The van der Waals surface area contributed by atoms with Crippen molar-refractivity contribution in [3.05, 3.63) is 46.9 Å². The fourth-order valence-electron chi connectivity index (χ4n) is 2.34. The van der Waals surface area contributed by atoms with Crippen molar-refractivity contribution in [1.29, 1.82) is 0 Å². The zero-order chi connectivity index (χ0) is 17.6. The summed E-state index contributed by atoms with van der Waals surface area (Å²) in [5.41, 5.74) is -0.306. The number of para-hydroxylation sites is 2. The summed E-state index contributed by atoms with van der Waals surface area (Å²) in [4.78, 5) is 27.3. The van der Waals surface area contributed by atoms with E-state index in [1.165, 1.54) is 17.8 Å². The first kappa shape index (κ1) is 17.3. The summed E-state index contributed by atoms with van der Waals surface area (Å²) in [6.45, 7) is 3.38. The third kappa shape index (κ3) is 4.54. The van der Waals surface area contributed by atoms with Crippen LogP contribution in [0.3, 0.4) is 0 Å². The Morgan fingerprint density at radius 1 is 1.36 bits per heavy atom. The first-order valence-corrected chi connectivity index (χ1v) is 8.99. The first-order valence-electron chi connectivity index (χ1n) is 8.01. The molecule has 2 aromatic rings. The number of hydrogen-bond donors (Lipinski definition) is 1. The van der Waals surface area contributed by atoms with Crippen LogP contribution in [0.2, 0.25) is 0 Å². The van der Waals surface area contributed by atoms with Gasteiger partial charge in [-0.05, 0) is 19.1 Å². The Bertz CT molecular complexity index is 808. The predicted octanol–water partition coefficient (Wildman–Crippen LogP) is 1.31. The van der Waals surface area contributed by atoms with E-state index in [2.05, 4.69) is 10.3 Å². The lowest BCUT2D eigenvalue weighted by Gasteiger charge is -2.26. The van der Waals surface area contributed by atoms with Crippen molar-refractivity contribution in [3.8, 4) is 11.5 Å². The summed E-state index contributed by atoms with van der Waals surface area (Å²) < 4.78 is 13.2. The maximum Gasteiger partial charge on any atom is 0.273 e. The Kier molecular flexibility index (Phi) is 5.60. The molecule has 7 nitrogen and oxygen atoms in total. The molecule has 0 bridgehead atoms. The van der Waals surface area contributed by atoms with Gasteiger partial charge in [0.25, 0.3) is 5.56 Å². The number of fused-ring (bicyclic) bond motifs is 1. The van der Waals surface area contributed by atoms with Gasteiger partial charge >= 0.3 is 0 Å². The van der Waals surface area contributed by atoms with Crippen LogP contribution in [0.15, 0.2) is 46.5 Å². The SMILES string of the molecule is CCn1ccc(=O)nc1SCC(=O)NCC1COc2ccccc2O1. The Morgan fingerprint density at radius 3 is 2.96 bits per heavy atom. The fraction of sp³-hybridized carbons (Fsp3) is 0.353. The lowest BCUT2D eigenvalue weighted by molar-refractivity contribution is -0.119. The van der Waals surface area contributed by atoms with Crippen LogP contribution in [0.25, 0.3) is 0 Å². The molecule has 1 aliphatic heterocycles. The maximum absolute atomic E-state index is 12.0. The average molecular weight is 361 g/mol. The number of carbonyl (C=O) groups excluding carboxylic acids is 1. The molecular weight excluding hydrogens is 342 g/mol. The molecule has 3 rings (SSSR count). The van der Waals surface area contributed by atoms with Crippen molar-refractivity contribution in [2.24, 2.45) is 0 Å². The number of nitrogens with one attached hydrogen (secondary N) is 1. The molecule has 1 amide bonds. The molecule has 1 aromatic carbocycles. The highest BCUT2D eigenvalue weighted by atomic mass is 32.2. The van der Waals surface area contributed by atoms with E-state index in [9.17, 15) is 9.59 Å². The zero-order valence-electron chi connectivity index (χ0n) is 13.8. The van der Waals surface area contributed by atoms with E-state index < -0.39 is 0 Å². The normalized spacial score (nSPS) is 15.6. The molecule has 1 N–H and O–H groups in total. The molecular formula is C17H19N3O4S. The van der Waals surface area contributed by atoms with Crippen LogP contribution in [0, 0.1) is 0 Å². The molecule has 1 aromatic heterocycles. The molecule has 0 fully saturated rings. The molecule has 1 unspecified atom stereocenters. The lowest BCUT2D eigenvalue weighted by Crippen LogP contribution is -2.41. The Morgan fingerprint density at radius 2 is 2.16 bits per heavy atom. The summed E-state index contributed by atoms with van der Waals surface area (Å²) >= 11 is 1.24. The third-order valence-electron chi connectivity index (χ3n) is 3.62. The van der Waals surface area contributed by atoms with Gasteiger partial charge < -0.3 is 19.4 Å². The summed E-state index contributed by atoms with van der Waals surface area (Å²) in [5.74, 6) is 1.44. The van der Waals surface area contributed by atoms with Gasteiger partial charge in [-0.2, -0.15) is 4.98 Å². The van der Waals surface area contributed by atoms with Gasteiger partial charge in [0.1, 0.15) is 12.7 Å². The van der Waals surface area contributed by atoms with Crippen molar-refractivity contribution in [2.75, 3.05) is 18.9 Å². The van der Waals surface area contributed by atoms with Gasteiger partial charge in [0.2, 0.25) is 5.91 Å². The van der Waals surface area contributed by atoms with Crippen molar-refractivity contribution in [1.82, 2.24) is 14.9 Å². The van der Waals surface area contributed by atoms with Gasteiger partial charge in [-0.1, -0.05) is 23.9 Å². The number of rotatable bonds is 6. The molecule has 0 aliphatic carbocycles. The summed E-state index contributed by atoms with van der Waals surface area (Å²) in [6.07, 6.45) is 1.45. The van der Waals surface area contributed by atoms with Crippen LogP contribution in [0.1, 0.15) is 6.92 Å². The van der Waals surface area contributed by atoms with Gasteiger partial charge in [-0.25, -0.2) is 0 Å². The monoisotopic (exact) mass is 361 g/mol. The minimum absolute atomic E-state index is 0.145. The van der Waals surface area contributed by atoms with Crippen molar-refractivity contribution < 1.29 is 14.3 Å². The highest BCUT2D eigenvalue weighted by Crippen LogP contribution is 2.30. The summed E-state index contributed by atoms with van der Waals surface area (Å²) in [5, 5.41) is 3.36. The topological polar surface area (TPSA) is 82.5 Å². The van der Waals surface area contributed by atoms with Crippen LogP contribution in [-0.2, 0) is 11.3 Å². The van der Waals surface area contributed by atoms with Crippen molar-refractivity contribution in [3.63, 3.8) is 0 Å². The minimum atomic E-state index is -0.306. The molecule has 0 spiro atoms. The molecule has 25 heavy (non-hydrogen) atoms. The average Bonchev–Trinajstić information content (AvgIpc) is 2.64. The Balaban J connectivity index is 1.48. The molecule has 132 valence electrons. The van der Waals surface area contributed by atoms with E-state index in [4.69, 9.17) is 9.47 Å². The van der Waals surface area contributed by atoms with Crippen LogP contribution < -0.4 is 20.3 Å². The van der Waals surface area contributed by atoms with E-state index in [1.807, 2.05) is 35.8 Å². The molecule has 0 saturated carbocycles. The number of benzene rings is 1. The van der Waals surface area contributed by atoms with E-state index >= 15 is 0 Å². The fourth-order valence-corrected chi connectivity index (χ4v) is 3.21. The number of nitrogens with zero attached hydrogens (tertiary/aromatic N) is 2. The molecule has 1 aliphatic rings. The smallest absolute Gasteiger partial charge is 0.273 e. The standard InChI is InChI=1S/C17H19N3O4S/c1-2-20-8-7-15(21)19-17(20)25-11-16(22)18-9-12-10-23-13-5-3-4-6-14(13)24-12/h3-8,12H,2,9-11H2,1H3,(H,18,22). The predicted molar refractivity (Wildman–Crippen MR) is 94.3 cm³/mol. The van der Waals surface area contributed by atoms with Gasteiger partial charge in [-0.3, -0.25) is 9.59 Å². The first-order chi connectivity index (χ1) is 12.2. The van der Waals surface area contributed by atoms with Crippen molar-refractivity contribution >= 4 is 17.7 Å². The van der Waals surface area contributed by atoms with Gasteiger partial charge in [0, 0.05) is 18.8 Å². The van der Waals surface area contributed by atoms with Crippen LogP contribution in [0.5, 0.6) is 11.5 Å². The number of ether oxygens (including phenoxy) is 2. The summed E-state index contributed by atoms with van der Waals surface area (Å²) in [6, 6.07) is 8.85. The Hall–Kier alpha value is -2.48. The van der Waals surface area contributed by atoms with Crippen molar-refractivity contribution in [2.45, 2.75) is 24.7 Å². The molecule has 2 heterocycles. The summed E-state index contributed by atoms with van der Waals surface area (Å²) in [7, 11) is 0. The van der Waals surface area contributed by atoms with E-state index in [-0.39, 0.29) is 23.3 Å². The Labute approximate surface area is 149 Å². The van der Waals surface area contributed by atoms with Gasteiger partial charge in [-0.15, -0.1) is 0 Å². The van der Waals surface area contributed by atoms with E-state index in [0.29, 0.717) is 36.4 Å². The third-order valence-corrected chi connectivity index (χ3v) is 4.61. The largest absolute Gasteiger partial charge is 0.486 e. The lowest BCUT2D eigenvalue weighted by atomic mass is 10.2. The second kappa shape index (κ2) is 8.06.